The summed E-state index contributed by atoms with van der Waals surface area (Å²) in [6.07, 6.45) is 6.96. The first-order valence-corrected chi connectivity index (χ1v) is 6.79. The van der Waals surface area contributed by atoms with Gasteiger partial charge in [0.05, 0.1) is 0 Å². The summed E-state index contributed by atoms with van der Waals surface area (Å²) in [7, 11) is 0. The van der Waals surface area contributed by atoms with Gasteiger partial charge in [-0.1, -0.05) is 42.5 Å². The minimum absolute atomic E-state index is 0.109. The van der Waals surface area contributed by atoms with Crippen LogP contribution in [0.2, 0.25) is 0 Å². The van der Waals surface area contributed by atoms with Crippen molar-refractivity contribution >= 4 is 17.1 Å². The van der Waals surface area contributed by atoms with E-state index >= 15 is 0 Å². The Morgan fingerprint density at radius 1 is 0.895 bits per heavy atom. The van der Waals surface area contributed by atoms with E-state index in [-0.39, 0.29) is 29.3 Å². The molecular formula is C17H14O2. The van der Waals surface area contributed by atoms with Gasteiger partial charge < -0.3 is 0 Å². The van der Waals surface area contributed by atoms with Gasteiger partial charge in [-0.05, 0) is 35.5 Å². The average molecular weight is 250 g/mol. The molecule has 4 atom stereocenters. The molecule has 1 saturated carbocycles. The second kappa shape index (κ2) is 3.77. The van der Waals surface area contributed by atoms with Crippen molar-refractivity contribution in [1.82, 2.24) is 0 Å². The maximum atomic E-state index is 12.1. The van der Waals surface area contributed by atoms with E-state index < -0.39 is 0 Å². The predicted molar refractivity (Wildman–Crippen MR) is 72.2 cm³/mol. The number of Topliss-reactive ketones (excluding diaryl/α,β-unsaturated/α-hetero) is 1. The molecule has 2 bridgehead atoms. The lowest BCUT2D eigenvalue weighted by Crippen LogP contribution is -2.36. The van der Waals surface area contributed by atoms with Gasteiger partial charge in [-0.3, -0.25) is 9.59 Å². The van der Waals surface area contributed by atoms with Gasteiger partial charge in [-0.2, -0.15) is 0 Å². The Kier molecular flexibility index (Phi) is 2.16. The maximum Gasteiger partial charge on any atom is 0.222 e. The molecule has 1 aromatic carbocycles. The van der Waals surface area contributed by atoms with Crippen LogP contribution in [0.25, 0.3) is 5.57 Å². The first-order chi connectivity index (χ1) is 9.25. The van der Waals surface area contributed by atoms with Gasteiger partial charge >= 0.3 is 0 Å². The lowest BCUT2D eigenvalue weighted by atomic mass is 9.70. The molecular weight excluding hydrogens is 236 g/mol. The second-order valence-electron chi connectivity index (χ2n) is 5.69. The van der Waals surface area contributed by atoms with Crippen molar-refractivity contribution in [3.63, 3.8) is 0 Å². The number of hydrogen-bond acceptors (Lipinski definition) is 2. The highest BCUT2D eigenvalue weighted by molar-refractivity contribution is 6.45. The third kappa shape index (κ3) is 1.43. The molecule has 0 saturated heterocycles. The van der Waals surface area contributed by atoms with E-state index in [0.29, 0.717) is 5.92 Å². The van der Waals surface area contributed by atoms with Gasteiger partial charge in [0, 0.05) is 11.8 Å². The van der Waals surface area contributed by atoms with E-state index in [9.17, 15) is 9.59 Å². The zero-order valence-corrected chi connectivity index (χ0v) is 10.5. The number of carbonyl (C=O) groups is 2. The van der Waals surface area contributed by atoms with Crippen LogP contribution in [0, 0.1) is 23.7 Å². The van der Waals surface area contributed by atoms with Crippen LogP contribution < -0.4 is 0 Å². The fourth-order valence-electron chi connectivity index (χ4n) is 3.98. The minimum Gasteiger partial charge on any atom is -0.290 e. The quantitative estimate of drug-likeness (QED) is 0.567. The fourth-order valence-corrected chi connectivity index (χ4v) is 3.98. The van der Waals surface area contributed by atoms with Gasteiger partial charge in [0.25, 0.3) is 0 Å². The number of hydrogen-bond donors (Lipinski definition) is 0. The Labute approximate surface area is 111 Å². The summed E-state index contributed by atoms with van der Waals surface area (Å²) in [5.41, 5.74) is 2.14. The summed E-state index contributed by atoms with van der Waals surface area (Å²) in [4.78, 5) is 24.1. The third-order valence-corrected chi connectivity index (χ3v) is 4.76. The Hall–Kier alpha value is -1.96. The largest absolute Gasteiger partial charge is 0.290 e. The molecule has 2 heteroatoms. The van der Waals surface area contributed by atoms with Crippen LogP contribution in [0.15, 0.2) is 48.6 Å². The first kappa shape index (κ1) is 10.9. The van der Waals surface area contributed by atoms with Crippen LogP contribution in [-0.2, 0) is 9.59 Å². The molecule has 4 rings (SSSR count). The van der Waals surface area contributed by atoms with Crippen molar-refractivity contribution in [3.05, 3.63) is 54.1 Å². The molecule has 19 heavy (non-hydrogen) atoms. The molecule has 1 aromatic rings. The summed E-state index contributed by atoms with van der Waals surface area (Å²) in [5.74, 6) is 0.310. The van der Waals surface area contributed by atoms with Crippen LogP contribution in [0.1, 0.15) is 12.0 Å². The van der Waals surface area contributed by atoms with Crippen LogP contribution in [0.4, 0.5) is 0 Å². The minimum atomic E-state index is -0.318. The number of ketones is 2. The van der Waals surface area contributed by atoms with E-state index in [2.05, 4.69) is 12.2 Å². The SMILES string of the molecule is O=C1C=C(c2ccccc2)C2C3C=CC(C3)C2C1=O. The molecule has 0 aliphatic heterocycles. The molecule has 0 spiro atoms. The van der Waals surface area contributed by atoms with Crippen molar-refractivity contribution in [2.75, 3.05) is 0 Å². The number of allylic oxidation sites excluding steroid dienone is 4. The summed E-state index contributed by atoms with van der Waals surface area (Å²) in [6.45, 7) is 0. The highest BCUT2D eigenvalue weighted by atomic mass is 16.2. The Morgan fingerprint density at radius 2 is 1.58 bits per heavy atom. The lowest BCUT2D eigenvalue weighted by molar-refractivity contribution is -0.137. The summed E-state index contributed by atoms with van der Waals surface area (Å²) >= 11 is 0. The molecule has 0 aromatic heterocycles. The van der Waals surface area contributed by atoms with E-state index in [1.165, 1.54) is 0 Å². The topological polar surface area (TPSA) is 34.1 Å². The van der Waals surface area contributed by atoms with Crippen LogP contribution >= 0.6 is 0 Å². The Bertz CT molecular complexity index is 624. The molecule has 2 nitrogen and oxygen atoms in total. The van der Waals surface area contributed by atoms with E-state index in [1.54, 1.807) is 6.08 Å². The van der Waals surface area contributed by atoms with Gasteiger partial charge in [0.2, 0.25) is 11.6 Å². The number of rotatable bonds is 1. The monoisotopic (exact) mass is 250 g/mol. The molecule has 3 aliphatic carbocycles. The normalized spacial score (nSPS) is 35.5. The van der Waals surface area contributed by atoms with E-state index in [4.69, 9.17) is 0 Å². The molecule has 1 fully saturated rings. The van der Waals surface area contributed by atoms with E-state index in [1.807, 2.05) is 30.3 Å². The van der Waals surface area contributed by atoms with Gasteiger partial charge in [-0.25, -0.2) is 0 Å². The molecule has 94 valence electrons. The van der Waals surface area contributed by atoms with Crippen LogP contribution in [0.5, 0.6) is 0 Å². The lowest BCUT2D eigenvalue weighted by Gasteiger charge is -2.32. The zero-order chi connectivity index (χ0) is 13.0. The highest BCUT2D eigenvalue weighted by Crippen LogP contribution is 2.54. The first-order valence-electron chi connectivity index (χ1n) is 6.79. The van der Waals surface area contributed by atoms with Gasteiger partial charge in [0.1, 0.15) is 0 Å². The van der Waals surface area contributed by atoms with Gasteiger partial charge in [0.15, 0.2) is 0 Å². The second-order valence-corrected chi connectivity index (χ2v) is 5.69. The van der Waals surface area contributed by atoms with Crippen molar-refractivity contribution in [2.45, 2.75) is 6.42 Å². The highest BCUT2D eigenvalue weighted by Gasteiger charge is 2.52. The number of carbonyl (C=O) groups excluding carboxylic acids is 2. The van der Waals surface area contributed by atoms with Crippen molar-refractivity contribution in [1.29, 1.82) is 0 Å². The van der Waals surface area contributed by atoms with Crippen LogP contribution in [0.3, 0.4) is 0 Å². The predicted octanol–water partition coefficient (Wildman–Crippen LogP) is 2.66. The van der Waals surface area contributed by atoms with Crippen molar-refractivity contribution in [2.24, 2.45) is 23.7 Å². The molecule has 0 radical (unpaired) electrons. The summed E-state index contributed by atoms with van der Waals surface area (Å²) < 4.78 is 0. The molecule has 4 unspecified atom stereocenters. The molecule has 0 amide bonds. The molecule has 0 N–H and O–H groups in total. The van der Waals surface area contributed by atoms with Crippen LogP contribution in [-0.4, -0.2) is 11.6 Å². The smallest absolute Gasteiger partial charge is 0.222 e. The van der Waals surface area contributed by atoms with Gasteiger partial charge in [-0.15, -0.1) is 0 Å². The standard InChI is InChI=1S/C17H14O2/c18-14-9-13(10-4-2-1-3-5-10)15-11-6-7-12(8-11)16(15)17(14)19/h1-7,9,11-12,15-16H,8H2. The average Bonchev–Trinajstić information content (AvgIpc) is 3.05. The summed E-state index contributed by atoms with van der Waals surface area (Å²) in [6, 6.07) is 9.99. The maximum absolute atomic E-state index is 12.1. The third-order valence-electron chi connectivity index (χ3n) is 4.76. The van der Waals surface area contributed by atoms with Crippen molar-refractivity contribution < 1.29 is 9.59 Å². The fraction of sp³-hybridized carbons (Fsp3) is 0.294. The van der Waals surface area contributed by atoms with Crippen molar-refractivity contribution in [3.8, 4) is 0 Å². The number of fused-ring (bicyclic) bond motifs is 5. The molecule has 0 heterocycles. The summed E-state index contributed by atoms with van der Waals surface area (Å²) in [5, 5.41) is 0. The Morgan fingerprint density at radius 3 is 2.32 bits per heavy atom. The molecule has 3 aliphatic rings. The number of benzene rings is 1. The zero-order valence-electron chi connectivity index (χ0n) is 10.5. The van der Waals surface area contributed by atoms with E-state index in [0.717, 1.165) is 17.6 Å². The Balaban J connectivity index is 1.86.